The minimum Gasteiger partial charge on any atom is -0.481 e. The lowest BCUT2D eigenvalue weighted by molar-refractivity contribution is -0.140. The summed E-state index contributed by atoms with van der Waals surface area (Å²) in [6.45, 7) is 0. The van der Waals surface area contributed by atoms with E-state index in [0.29, 0.717) is 6.07 Å². The number of alkyl halides is 3. The summed E-state index contributed by atoms with van der Waals surface area (Å²) in [7, 11) is -1.20. The average molecular weight is 676 g/mol. The molecule has 22 heteroatoms. The van der Waals surface area contributed by atoms with Gasteiger partial charge in [-0.2, -0.15) is 27.7 Å². The Morgan fingerprint density at radius 2 is 1.74 bits per heavy atom. The summed E-state index contributed by atoms with van der Waals surface area (Å²) < 4.78 is 83.1. The zero-order chi connectivity index (χ0) is 31.6. The molecule has 0 aromatic carbocycles. The van der Waals surface area contributed by atoms with E-state index in [9.17, 15) is 26.4 Å². The number of halogens is 6. The Morgan fingerprint density at radius 1 is 1.07 bits per heavy atom. The minimum atomic E-state index is -4.98. The van der Waals surface area contributed by atoms with Crippen molar-refractivity contribution in [3.05, 3.63) is 44.8 Å². The van der Waals surface area contributed by atoms with Crippen molar-refractivity contribution in [1.29, 1.82) is 0 Å². The van der Waals surface area contributed by atoms with Crippen molar-refractivity contribution in [2.24, 2.45) is 0 Å². The first-order valence-electron chi connectivity index (χ1n) is 10.6. The van der Waals surface area contributed by atoms with Gasteiger partial charge in [-0.05, 0) is 6.07 Å². The van der Waals surface area contributed by atoms with Crippen molar-refractivity contribution in [1.82, 2.24) is 29.5 Å². The Bertz CT molecular complexity index is 1770. The molecule has 0 radical (unpaired) electrons. The van der Waals surface area contributed by atoms with Gasteiger partial charge in [0.2, 0.25) is 17.6 Å². The molecule has 4 aromatic rings. The van der Waals surface area contributed by atoms with E-state index in [1.807, 2.05) is 4.72 Å². The van der Waals surface area contributed by atoms with Crippen LogP contribution in [0.5, 0.6) is 17.6 Å². The maximum absolute atomic E-state index is 13.3. The van der Waals surface area contributed by atoms with Crippen LogP contribution in [-0.2, 0) is 16.2 Å². The Labute approximate surface area is 248 Å². The lowest BCUT2D eigenvalue weighted by Gasteiger charge is -2.15. The van der Waals surface area contributed by atoms with E-state index in [-0.39, 0.29) is 38.4 Å². The number of carboxylic acids is 1. The van der Waals surface area contributed by atoms with Gasteiger partial charge in [0.1, 0.15) is 5.02 Å². The van der Waals surface area contributed by atoms with Crippen molar-refractivity contribution < 1.29 is 45.7 Å². The molecule has 226 valence electrons. The SMILES string of the molecule is COc1cc(OC)n2nc(NS(=O)(=O)c3c(C(F)(F)F)ccnc3OC)nc2n1.Nc1c(Cl)c(Cl)nc(C(=O)O)c1Cl. The summed E-state index contributed by atoms with van der Waals surface area (Å²) in [5, 5.41) is 12.0. The molecule has 0 aliphatic carbocycles. The van der Waals surface area contributed by atoms with Gasteiger partial charge in [-0.25, -0.2) is 27.9 Å². The Hall–Kier alpha value is -4.07. The van der Waals surface area contributed by atoms with Gasteiger partial charge in [-0.15, -0.1) is 5.10 Å². The largest absolute Gasteiger partial charge is 0.481 e. The predicted octanol–water partition coefficient (Wildman–Crippen LogP) is 3.69. The Morgan fingerprint density at radius 3 is 2.29 bits per heavy atom. The molecule has 4 aromatic heterocycles. The second kappa shape index (κ2) is 12.4. The molecular weight excluding hydrogens is 660 g/mol. The number of aromatic carboxylic acids is 1. The molecule has 0 unspecified atom stereocenters. The van der Waals surface area contributed by atoms with Crippen LogP contribution in [0.4, 0.5) is 24.8 Å². The molecule has 0 saturated carbocycles. The second-order valence-corrected chi connectivity index (χ2v) is 10.1. The number of hydrogen-bond donors (Lipinski definition) is 3. The van der Waals surface area contributed by atoms with Crippen LogP contribution in [0.25, 0.3) is 5.78 Å². The van der Waals surface area contributed by atoms with Gasteiger partial charge >= 0.3 is 12.1 Å². The molecule has 4 heterocycles. The number of nitrogens with two attached hydrogens (primary N) is 1. The van der Waals surface area contributed by atoms with Gasteiger partial charge in [0.05, 0.1) is 43.7 Å². The number of nitrogens with one attached hydrogen (secondary N) is 1. The molecule has 0 aliphatic heterocycles. The molecule has 0 amide bonds. The Balaban J connectivity index is 0.000000312. The van der Waals surface area contributed by atoms with Gasteiger partial charge in [0, 0.05) is 6.20 Å². The lowest BCUT2D eigenvalue weighted by Crippen LogP contribution is -2.21. The first-order chi connectivity index (χ1) is 19.5. The second-order valence-electron chi connectivity index (χ2n) is 7.39. The molecular formula is C20H16Cl3F3N8O7S. The van der Waals surface area contributed by atoms with E-state index in [1.54, 1.807) is 0 Å². The zero-order valence-electron chi connectivity index (χ0n) is 21.1. The van der Waals surface area contributed by atoms with Crippen LogP contribution < -0.4 is 24.7 Å². The predicted molar refractivity (Wildman–Crippen MR) is 141 cm³/mol. The number of aromatic nitrogens is 6. The molecule has 4 N–H and O–H groups in total. The van der Waals surface area contributed by atoms with Crippen molar-refractivity contribution >= 4 is 68.2 Å². The van der Waals surface area contributed by atoms with E-state index in [2.05, 4.69) is 25.0 Å². The minimum absolute atomic E-state index is 0.0448. The first-order valence-corrected chi connectivity index (χ1v) is 13.2. The molecule has 15 nitrogen and oxygen atoms in total. The van der Waals surface area contributed by atoms with Crippen LogP contribution in [0.1, 0.15) is 16.1 Å². The van der Waals surface area contributed by atoms with E-state index in [4.69, 9.17) is 59.9 Å². The van der Waals surface area contributed by atoms with Crippen LogP contribution >= 0.6 is 34.8 Å². The normalized spacial score (nSPS) is 11.5. The molecule has 0 bridgehead atoms. The van der Waals surface area contributed by atoms with Crippen LogP contribution in [0.15, 0.2) is 23.2 Å². The molecule has 0 aliphatic rings. The molecule has 0 fully saturated rings. The van der Waals surface area contributed by atoms with Crippen molar-refractivity contribution in [2.45, 2.75) is 11.1 Å². The van der Waals surface area contributed by atoms with Crippen LogP contribution in [0.3, 0.4) is 0 Å². The van der Waals surface area contributed by atoms with Crippen molar-refractivity contribution in [2.75, 3.05) is 31.8 Å². The highest BCUT2D eigenvalue weighted by Gasteiger charge is 2.40. The van der Waals surface area contributed by atoms with Gasteiger partial charge in [-0.3, -0.25) is 0 Å². The average Bonchev–Trinajstić information content (AvgIpc) is 3.33. The third-order valence-corrected chi connectivity index (χ3v) is 7.33. The highest BCUT2D eigenvalue weighted by Crippen LogP contribution is 2.38. The van der Waals surface area contributed by atoms with E-state index < -0.39 is 50.2 Å². The maximum Gasteiger partial charge on any atom is 0.418 e. The summed E-state index contributed by atoms with van der Waals surface area (Å²) in [6.07, 6.45) is -4.20. The summed E-state index contributed by atoms with van der Waals surface area (Å²) in [5.41, 5.74) is 3.42. The Kier molecular flexibility index (Phi) is 9.60. The fourth-order valence-electron chi connectivity index (χ4n) is 3.02. The number of carbonyl (C=O) groups is 1. The smallest absolute Gasteiger partial charge is 0.418 e. The topological polar surface area (TPSA) is 206 Å². The number of nitrogen functional groups attached to an aromatic ring is 1. The van der Waals surface area contributed by atoms with Gasteiger partial charge < -0.3 is 25.1 Å². The molecule has 0 spiro atoms. The molecule has 0 saturated heterocycles. The number of carboxylic acid groups (broad SMARTS) is 1. The summed E-state index contributed by atoms with van der Waals surface area (Å²) in [5.74, 6) is -2.52. The fraction of sp³-hybridized carbons (Fsp3) is 0.200. The number of fused-ring (bicyclic) bond motifs is 1. The number of hydrogen-bond acceptors (Lipinski definition) is 12. The number of pyridine rings is 2. The maximum atomic E-state index is 13.3. The third-order valence-electron chi connectivity index (χ3n) is 4.81. The molecule has 42 heavy (non-hydrogen) atoms. The zero-order valence-corrected chi connectivity index (χ0v) is 24.1. The number of rotatable bonds is 7. The van der Waals surface area contributed by atoms with Gasteiger partial charge in [0.15, 0.2) is 15.7 Å². The van der Waals surface area contributed by atoms with E-state index >= 15 is 0 Å². The summed E-state index contributed by atoms with van der Waals surface area (Å²) >= 11 is 16.6. The molecule has 4 rings (SSSR count). The van der Waals surface area contributed by atoms with Crippen LogP contribution in [0, 0.1) is 0 Å². The molecule has 0 atom stereocenters. The fourth-order valence-corrected chi connectivity index (χ4v) is 4.87. The van der Waals surface area contributed by atoms with Gasteiger partial charge in [0.25, 0.3) is 21.7 Å². The van der Waals surface area contributed by atoms with Crippen molar-refractivity contribution in [3.63, 3.8) is 0 Å². The number of nitrogens with zero attached hydrogens (tertiary/aromatic N) is 6. The highest BCUT2D eigenvalue weighted by atomic mass is 35.5. The number of methoxy groups -OCH3 is 3. The monoisotopic (exact) mass is 674 g/mol. The number of sulfonamides is 1. The van der Waals surface area contributed by atoms with Crippen LogP contribution in [0.2, 0.25) is 15.2 Å². The third kappa shape index (κ3) is 6.69. The number of anilines is 2. The quantitative estimate of drug-likeness (QED) is 0.239. The van der Waals surface area contributed by atoms with Crippen LogP contribution in [-0.4, -0.2) is 70.4 Å². The van der Waals surface area contributed by atoms with Crippen molar-refractivity contribution in [3.8, 4) is 17.6 Å². The van der Waals surface area contributed by atoms with E-state index in [1.165, 1.54) is 20.3 Å². The summed E-state index contributed by atoms with van der Waals surface area (Å²) in [6, 6.07) is 1.87. The summed E-state index contributed by atoms with van der Waals surface area (Å²) in [4.78, 5) is 24.1. The first kappa shape index (κ1) is 32.4. The van der Waals surface area contributed by atoms with Gasteiger partial charge in [-0.1, -0.05) is 34.8 Å². The lowest BCUT2D eigenvalue weighted by atomic mass is 10.2. The van der Waals surface area contributed by atoms with E-state index in [0.717, 1.165) is 17.8 Å². The highest BCUT2D eigenvalue weighted by molar-refractivity contribution is 7.92. The number of ether oxygens (including phenoxy) is 3. The standard InChI is InChI=1S/C14H13F3N6O5S.C6H3Cl3N2O2/c1-26-8-6-9(27-2)23-13(19-8)20-12(21-23)22-29(24,25)10-7(14(15,16)17)4-5-18-11(10)28-3;7-1-3(10)2(8)5(9)11-4(1)6(12)13/h4-6H,1-3H3,(H,21,22);(H2,10,11)(H,12,13).